The van der Waals surface area contributed by atoms with Crippen LogP contribution in [0.5, 0.6) is 0 Å². The van der Waals surface area contributed by atoms with Crippen LogP contribution < -0.4 is 0 Å². The highest BCUT2D eigenvalue weighted by molar-refractivity contribution is 5.91. The summed E-state index contributed by atoms with van der Waals surface area (Å²) in [7, 11) is 0. The van der Waals surface area contributed by atoms with Crippen molar-refractivity contribution < 1.29 is 4.79 Å². The Morgan fingerprint density at radius 2 is 1.90 bits per heavy atom. The Labute approximate surface area is 123 Å². The normalized spacial score (nSPS) is 14.7. The summed E-state index contributed by atoms with van der Waals surface area (Å²) in [6.07, 6.45) is 0. The topological polar surface area (TPSA) is 68.8 Å². The lowest BCUT2D eigenvalue weighted by atomic mass is 10.2. The molecule has 7 nitrogen and oxygen atoms in total. The second-order valence-corrected chi connectivity index (χ2v) is 5.43. The second kappa shape index (κ2) is 4.98. The first-order valence-corrected chi connectivity index (χ1v) is 7.24. The molecule has 0 saturated carbocycles. The zero-order valence-electron chi connectivity index (χ0n) is 12.9. The zero-order valence-corrected chi connectivity index (χ0v) is 12.9. The van der Waals surface area contributed by atoms with E-state index in [1.165, 1.54) is 5.56 Å². The maximum absolute atomic E-state index is 12.2. The van der Waals surface area contributed by atoms with Crippen LogP contribution in [0.25, 0.3) is 0 Å². The molecule has 2 aromatic rings. The Morgan fingerprint density at radius 3 is 2.52 bits per heavy atom. The fraction of sp³-hybridized carbons (Fsp3) is 0.571. The lowest BCUT2D eigenvalue weighted by Gasteiger charge is -2.26. The number of likely N-dealkylation sites (N-methyl/N-ethyl adjacent to an activating group) is 1. The molecule has 7 heteroatoms. The molecule has 0 fully saturated rings. The molecule has 0 spiro atoms. The van der Waals surface area contributed by atoms with E-state index in [2.05, 4.69) is 22.2 Å². The van der Waals surface area contributed by atoms with E-state index in [0.29, 0.717) is 25.5 Å². The first-order valence-electron chi connectivity index (χ1n) is 7.24. The predicted octanol–water partition coefficient (Wildman–Crippen LogP) is 0.924. The summed E-state index contributed by atoms with van der Waals surface area (Å²) in [4.78, 5) is 14.0. The van der Waals surface area contributed by atoms with Gasteiger partial charge in [0.1, 0.15) is 6.54 Å². The highest BCUT2D eigenvalue weighted by atomic mass is 16.2. The third-order valence-corrected chi connectivity index (χ3v) is 4.32. The SMILES string of the molecule is CCN1CCn2c(Cn3nc(C)c(C)c3C)nnc2C1=O. The van der Waals surface area contributed by atoms with Crippen LogP contribution in [0.4, 0.5) is 0 Å². The van der Waals surface area contributed by atoms with Gasteiger partial charge in [0.2, 0.25) is 5.82 Å². The van der Waals surface area contributed by atoms with Crippen molar-refractivity contribution in [2.45, 2.75) is 40.8 Å². The maximum atomic E-state index is 12.2. The molecule has 0 unspecified atom stereocenters. The molecule has 0 aliphatic carbocycles. The second-order valence-electron chi connectivity index (χ2n) is 5.43. The molecule has 21 heavy (non-hydrogen) atoms. The van der Waals surface area contributed by atoms with Crippen molar-refractivity contribution in [3.05, 3.63) is 28.6 Å². The van der Waals surface area contributed by atoms with Gasteiger partial charge in [-0.15, -0.1) is 10.2 Å². The number of carbonyl (C=O) groups excluding carboxylic acids is 1. The maximum Gasteiger partial charge on any atom is 0.291 e. The number of aromatic nitrogens is 5. The van der Waals surface area contributed by atoms with Crippen LogP contribution in [0.1, 0.15) is 40.3 Å². The van der Waals surface area contributed by atoms with Gasteiger partial charge in [-0.1, -0.05) is 0 Å². The van der Waals surface area contributed by atoms with Gasteiger partial charge in [-0.3, -0.25) is 9.48 Å². The highest BCUT2D eigenvalue weighted by Gasteiger charge is 2.28. The van der Waals surface area contributed by atoms with Crippen LogP contribution >= 0.6 is 0 Å². The van der Waals surface area contributed by atoms with Gasteiger partial charge in [-0.05, 0) is 33.3 Å². The Hall–Kier alpha value is -2.18. The summed E-state index contributed by atoms with van der Waals surface area (Å²) < 4.78 is 3.85. The lowest BCUT2D eigenvalue weighted by Crippen LogP contribution is -2.40. The van der Waals surface area contributed by atoms with E-state index in [4.69, 9.17) is 0 Å². The van der Waals surface area contributed by atoms with Gasteiger partial charge in [-0.25, -0.2) is 0 Å². The van der Waals surface area contributed by atoms with Crippen LogP contribution in [0.2, 0.25) is 0 Å². The Kier molecular flexibility index (Phi) is 3.27. The van der Waals surface area contributed by atoms with E-state index >= 15 is 0 Å². The highest BCUT2D eigenvalue weighted by Crippen LogP contribution is 2.16. The molecule has 0 bridgehead atoms. The molecule has 3 heterocycles. The Balaban J connectivity index is 1.92. The number of rotatable bonds is 3. The molecule has 3 rings (SSSR count). The minimum absolute atomic E-state index is 0.0351. The van der Waals surface area contributed by atoms with Crippen LogP contribution in [-0.4, -0.2) is 48.4 Å². The zero-order chi connectivity index (χ0) is 15.1. The molecule has 0 atom stereocenters. The molecule has 2 aromatic heterocycles. The Bertz CT molecular complexity index is 699. The summed E-state index contributed by atoms with van der Waals surface area (Å²) in [5, 5.41) is 12.8. The van der Waals surface area contributed by atoms with Crippen molar-refractivity contribution in [1.29, 1.82) is 0 Å². The third-order valence-electron chi connectivity index (χ3n) is 4.32. The number of aryl methyl sites for hydroxylation is 1. The van der Waals surface area contributed by atoms with E-state index < -0.39 is 0 Å². The number of amides is 1. The van der Waals surface area contributed by atoms with Crippen molar-refractivity contribution in [1.82, 2.24) is 29.4 Å². The van der Waals surface area contributed by atoms with Crippen molar-refractivity contribution in [2.24, 2.45) is 0 Å². The molecule has 0 aromatic carbocycles. The van der Waals surface area contributed by atoms with Gasteiger partial charge in [0.25, 0.3) is 5.91 Å². The summed E-state index contributed by atoms with van der Waals surface area (Å²) in [5.41, 5.74) is 3.35. The fourth-order valence-corrected chi connectivity index (χ4v) is 2.69. The van der Waals surface area contributed by atoms with Gasteiger partial charge in [0.05, 0.1) is 5.69 Å². The third kappa shape index (κ3) is 2.12. The summed E-state index contributed by atoms with van der Waals surface area (Å²) in [6.45, 7) is 10.8. The van der Waals surface area contributed by atoms with Gasteiger partial charge in [-0.2, -0.15) is 5.10 Å². The molecular formula is C14H20N6O. The van der Waals surface area contributed by atoms with E-state index in [1.807, 2.05) is 30.0 Å². The smallest absolute Gasteiger partial charge is 0.291 e. The Morgan fingerprint density at radius 1 is 1.14 bits per heavy atom. The van der Waals surface area contributed by atoms with E-state index in [1.54, 1.807) is 4.90 Å². The summed E-state index contributed by atoms with van der Waals surface area (Å²) in [6, 6.07) is 0. The molecule has 1 amide bonds. The van der Waals surface area contributed by atoms with Crippen molar-refractivity contribution in [3.8, 4) is 0 Å². The predicted molar refractivity (Wildman–Crippen MR) is 77.1 cm³/mol. The quantitative estimate of drug-likeness (QED) is 0.842. The summed E-state index contributed by atoms with van der Waals surface area (Å²) in [5.74, 6) is 1.20. The van der Waals surface area contributed by atoms with Gasteiger partial charge < -0.3 is 9.47 Å². The largest absolute Gasteiger partial charge is 0.334 e. The van der Waals surface area contributed by atoms with E-state index in [-0.39, 0.29) is 5.91 Å². The van der Waals surface area contributed by atoms with Gasteiger partial charge >= 0.3 is 0 Å². The number of carbonyl (C=O) groups is 1. The lowest BCUT2D eigenvalue weighted by molar-refractivity contribution is 0.0705. The number of hydrogen-bond donors (Lipinski definition) is 0. The molecule has 1 aliphatic rings. The first kappa shape index (κ1) is 13.8. The monoisotopic (exact) mass is 288 g/mol. The van der Waals surface area contributed by atoms with Crippen LogP contribution in [0.3, 0.4) is 0 Å². The van der Waals surface area contributed by atoms with Crippen molar-refractivity contribution in [3.63, 3.8) is 0 Å². The average Bonchev–Trinajstić information content (AvgIpc) is 2.98. The molecule has 0 saturated heterocycles. The molecule has 0 radical (unpaired) electrons. The number of hydrogen-bond acceptors (Lipinski definition) is 4. The van der Waals surface area contributed by atoms with Gasteiger partial charge in [0, 0.05) is 25.3 Å². The average molecular weight is 288 g/mol. The first-order chi connectivity index (χ1) is 10.0. The number of fused-ring (bicyclic) bond motifs is 1. The van der Waals surface area contributed by atoms with Crippen molar-refractivity contribution in [2.75, 3.05) is 13.1 Å². The van der Waals surface area contributed by atoms with E-state index in [0.717, 1.165) is 23.8 Å². The fourth-order valence-electron chi connectivity index (χ4n) is 2.69. The van der Waals surface area contributed by atoms with Crippen LogP contribution in [-0.2, 0) is 13.1 Å². The molecule has 0 N–H and O–H groups in total. The number of nitrogens with zero attached hydrogens (tertiary/aromatic N) is 6. The van der Waals surface area contributed by atoms with Crippen LogP contribution in [0.15, 0.2) is 0 Å². The molecular weight excluding hydrogens is 268 g/mol. The van der Waals surface area contributed by atoms with Crippen molar-refractivity contribution >= 4 is 5.91 Å². The van der Waals surface area contributed by atoms with E-state index in [9.17, 15) is 4.79 Å². The van der Waals surface area contributed by atoms with Gasteiger partial charge in [0.15, 0.2) is 5.82 Å². The summed E-state index contributed by atoms with van der Waals surface area (Å²) >= 11 is 0. The molecule has 1 aliphatic heterocycles. The minimum atomic E-state index is -0.0351. The molecule has 112 valence electrons. The standard InChI is InChI=1S/C14H20N6O/c1-5-18-6-7-19-12(15-16-13(19)14(18)21)8-20-11(4)9(2)10(3)17-20/h5-8H2,1-4H3. The van der Waals surface area contributed by atoms with Crippen LogP contribution in [0, 0.1) is 20.8 Å². The minimum Gasteiger partial charge on any atom is -0.334 e.